The number of nitrogens with zero attached hydrogens (tertiary/aromatic N) is 2. The summed E-state index contributed by atoms with van der Waals surface area (Å²) in [6.45, 7) is 6.69. The normalized spacial score (nSPS) is 14.1. The van der Waals surface area contributed by atoms with E-state index in [-0.39, 0.29) is 0 Å². The number of aromatic nitrogens is 2. The number of nitrogens with one attached hydrogen (secondary N) is 2. The van der Waals surface area contributed by atoms with Crippen LogP contribution < -0.4 is 4.74 Å². The Bertz CT molecular complexity index is 1030. The maximum atomic E-state index is 9.80. The van der Waals surface area contributed by atoms with Gasteiger partial charge in [0.2, 0.25) is 0 Å². The third-order valence-electron chi connectivity index (χ3n) is 6.03. The molecule has 1 aliphatic heterocycles. The SMILES string of the molecule is CCCCCCCCCCCC1=NC(=Cc2[nH]c(-c3ccc(C)[nH]3)c(C#N)c2OCC)C=C1. The van der Waals surface area contributed by atoms with E-state index in [0.717, 1.165) is 40.6 Å². The number of hydrogen-bond donors (Lipinski definition) is 2. The molecule has 1 aliphatic rings. The summed E-state index contributed by atoms with van der Waals surface area (Å²) in [5.41, 5.74) is 6.00. The molecule has 0 unspecified atom stereocenters. The minimum Gasteiger partial charge on any atom is -0.490 e. The first kappa shape index (κ1) is 24.6. The van der Waals surface area contributed by atoms with Crippen molar-refractivity contribution in [3.05, 3.63) is 46.9 Å². The van der Waals surface area contributed by atoms with Gasteiger partial charge < -0.3 is 14.7 Å². The highest BCUT2D eigenvalue weighted by atomic mass is 16.5. The molecular formula is C28H38N4O. The Morgan fingerprint density at radius 3 is 2.33 bits per heavy atom. The van der Waals surface area contributed by atoms with Gasteiger partial charge >= 0.3 is 0 Å². The number of nitriles is 1. The van der Waals surface area contributed by atoms with Crippen molar-refractivity contribution >= 4 is 11.8 Å². The molecule has 176 valence electrons. The molecule has 5 heteroatoms. The Morgan fingerprint density at radius 2 is 1.70 bits per heavy atom. The molecule has 5 nitrogen and oxygen atoms in total. The molecule has 2 aromatic heterocycles. The van der Waals surface area contributed by atoms with Crippen LogP contribution in [-0.2, 0) is 0 Å². The number of unbranched alkanes of at least 4 members (excludes halogenated alkanes) is 8. The fraction of sp³-hybridized carbons (Fsp3) is 0.500. The van der Waals surface area contributed by atoms with Gasteiger partial charge in [-0.2, -0.15) is 5.26 Å². The lowest BCUT2D eigenvalue weighted by Crippen LogP contribution is -1.94. The number of rotatable bonds is 14. The summed E-state index contributed by atoms with van der Waals surface area (Å²) in [6.07, 6.45) is 19.1. The van der Waals surface area contributed by atoms with Crippen molar-refractivity contribution in [3.8, 4) is 23.2 Å². The van der Waals surface area contributed by atoms with Crippen LogP contribution in [0.25, 0.3) is 17.5 Å². The maximum absolute atomic E-state index is 9.80. The predicted molar refractivity (Wildman–Crippen MR) is 138 cm³/mol. The molecule has 3 heterocycles. The van der Waals surface area contributed by atoms with Crippen LogP contribution in [0, 0.1) is 18.3 Å². The van der Waals surface area contributed by atoms with E-state index in [1.165, 1.54) is 57.8 Å². The molecule has 0 saturated heterocycles. The summed E-state index contributed by atoms with van der Waals surface area (Å²) in [6, 6.07) is 6.29. The highest BCUT2D eigenvalue weighted by molar-refractivity contribution is 5.99. The lowest BCUT2D eigenvalue weighted by atomic mass is 10.1. The number of allylic oxidation sites excluding steroid dienone is 2. The summed E-state index contributed by atoms with van der Waals surface area (Å²) in [5.74, 6) is 0.589. The second kappa shape index (κ2) is 12.9. The zero-order valence-electron chi connectivity index (χ0n) is 20.5. The third kappa shape index (κ3) is 6.99. The van der Waals surface area contributed by atoms with Gasteiger partial charge in [-0.05, 0) is 57.0 Å². The first-order valence-electron chi connectivity index (χ1n) is 12.6. The Labute approximate surface area is 198 Å². The first-order valence-corrected chi connectivity index (χ1v) is 12.6. The van der Waals surface area contributed by atoms with Gasteiger partial charge in [0.25, 0.3) is 0 Å². The highest BCUT2D eigenvalue weighted by Gasteiger charge is 2.20. The van der Waals surface area contributed by atoms with Crippen molar-refractivity contribution < 1.29 is 4.74 Å². The summed E-state index contributed by atoms with van der Waals surface area (Å²) in [5, 5.41) is 9.80. The van der Waals surface area contributed by atoms with Crippen LogP contribution in [0.3, 0.4) is 0 Å². The van der Waals surface area contributed by atoms with Crippen molar-refractivity contribution in [3.63, 3.8) is 0 Å². The van der Waals surface area contributed by atoms with E-state index < -0.39 is 0 Å². The maximum Gasteiger partial charge on any atom is 0.162 e. The van der Waals surface area contributed by atoms with E-state index in [0.29, 0.717) is 17.9 Å². The average molecular weight is 447 g/mol. The third-order valence-corrected chi connectivity index (χ3v) is 6.03. The zero-order chi connectivity index (χ0) is 23.5. The molecule has 0 saturated carbocycles. The van der Waals surface area contributed by atoms with Gasteiger partial charge in [0.1, 0.15) is 11.6 Å². The number of ether oxygens (including phenoxy) is 1. The lowest BCUT2D eigenvalue weighted by molar-refractivity contribution is 0.339. The number of aliphatic imine (C=N–C) groups is 1. The fourth-order valence-electron chi connectivity index (χ4n) is 4.26. The molecule has 0 atom stereocenters. The van der Waals surface area contributed by atoms with Crippen LogP contribution in [0.4, 0.5) is 0 Å². The summed E-state index contributed by atoms with van der Waals surface area (Å²) in [7, 11) is 0. The van der Waals surface area contributed by atoms with E-state index in [1.54, 1.807) is 0 Å². The van der Waals surface area contributed by atoms with E-state index in [9.17, 15) is 5.26 Å². The van der Waals surface area contributed by atoms with E-state index in [4.69, 9.17) is 9.73 Å². The zero-order valence-corrected chi connectivity index (χ0v) is 20.5. The molecule has 0 fully saturated rings. The lowest BCUT2D eigenvalue weighted by Gasteiger charge is -2.03. The molecule has 0 spiro atoms. The molecule has 0 radical (unpaired) electrons. The molecule has 0 aromatic carbocycles. The second-order valence-corrected chi connectivity index (χ2v) is 8.80. The standard InChI is InChI=1S/C28H38N4O/c1-4-6-7-8-9-10-11-12-13-14-22-16-17-23(31-22)19-26-28(33-5-2)24(20-29)27(32-26)25-18-15-21(3)30-25/h15-19,30,32H,4-14H2,1-3H3. The quantitative estimate of drug-likeness (QED) is 0.290. The number of H-pyrrole nitrogens is 2. The van der Waals surface area contributed by atoms with Crippen LogP contribution in [0.1, 0.15) is 95.0 Å². The topological polar surface area (TPSA) is 77.0 Å². The summed E-state index contributed by atoms with van der Waals surface area (Å²) >= 11 is 0. The van der Waals surface area contributed by atoms with Gasteiger partial charge in [-0.1, -0.05) is 58.3 Å². The number of aryl methyl sites for hydroxylation is 1. The van der Waals surface area contributed by atoms with Crippen LogP contribution in [0.15, 0.2) is 35.0 Å². The van der Waals surface area contributed by atoms with E-state index >= 15 is 0 Å². The predicted octanol–water partition coefficient (Wildman–Crippen LogP) is 7.86. The van der Waals surface area contributed by atoms with E-state index in [1.807, 2.05) is 38.1 Å². The van der Waals surface area contributed by atoms with Crippen molar-refractivity contribution in [2.75, 3.05) is 6.61 Å². The van der Waals surface area contributed by atoms with Crippen molar-refractivity contribution in [1.29, 1.82) is 5.26 Å². The molecule has 0 amide bonds. The van der Waals surface area contributed by atoms with Crippen molar-refractivity contribution in [2.45, 2.75) is 85.0 Å². The van der Waals surface area contributed by atoms with Crippen molar-refractivity contribution in [2.24, 2.45) is 4.99 Å². The van der Waals surface area contributed by atoms with Crippen LogP contribution in [-0.4, -0.2) is 22.3 Å². The molecular weight excluding hydrogens is 408 g/mol. The minimum atomic E-state index is 0.495. The van der Waals surface area contributed by atoms with Crippen LogP contribution in [0.2, 0.25) is 0 Å². The number of aromatic amines is 2. The fourth-order valence-corrected chi connectivity index (χ4v) is 4.26. The van der Waals surface area contributed by atoms with Crippen LogP contribution in [0.5, 0.6) is 5.75 Å². The molecule has 2 aromatic rings. The smallest absolute Gasteiger partial charge is 0.162 e. The van der Waals surface area contributed by atoms with E-state index in [2.05, 4.69) is 29.0 Å². The Balaban J connectivity index is 1.60. The summed E-state index contributed by atoms with van der Waals surface area (Å²) < 4.78 is 5.85. The van der Waals surface area contributed by atoms with Gasteiger partial charge in [-0.3, -0.25) is 4.99 Å². The van der Waals surface area contributed by atoms with Gasteiger partial charge in [-0.15, -0.1) is 0 Å². The van der Waals surface area contributed by atoms with Gasteiger partial charge in [0.05, 0.1) is 29.4 Å². The van der Waals surface area contributed by atoms with Gasteiger partial charge in [-0.25, -0.2) is 0 Å². The minimum absolute atomic E-state index is 0.495. The largest absolute Gasteiger partial charge is 0.490 e. The highest BCUT2D eigenvalue weighted by Crippen LogP contribution is 2.35. The van der Waals surface area contributed by atoms with Crippen molar-refractivity contribution in [1.82, 2.24) is 9.97 Å². The molecule has 0 aliphatic carbocycles. The molecule has 33 heavy (non-hydrogen) atoms. The molecule has 3 rings (SSSR count). The second-order valence-electron chi connectivity index (χ2n) is 8.80. The molecule has 0 bridgehead atoms. The molecule has 2 N–H and O–H groups in total. The Kier molecular flexibility index (Phi) is 9.62. The van der Waals surface area contributed by atoms with Crippen LogP contribution >= 0.6 is 0 Å². The average Bonchev–Trinajstić information content (AvgIpc) is 3.52. The Morgan fingerprint density at radius 1 is 0.970 bits per heavy atom. The first-order chi connectivity index (χ1) is 16.2. The number of hydrogen-bond acceptors (Lipinski definition) is 3. The monoisotopic (exact) mass is 446 g/mol. The van der Waals surface area contributed by atoms with Gasteiger partial charge in [0.15, 0.2) is 5.75 Å². The Hall–Kier alpha value is -3.00. The summed E-state index contributed by atoms with van der Waals surface area (Å²) in [4.78, 5) is 11.5. The van der Waals surface area contributed by atoms with Gasteiger partial charge in [0, 0.05) is 11.4 Å².